The fraction of sp³-hybridized carbons (Fsp3) is 0.900. The fourth-order valence-corrected chi connectivity index (χ4v) is 0.604. The van der Waals surface area contributed by atoms with E-state index >= 15 is 0 Å². The smallest absolute Gasteiger partial charge is 0.0140 e. The summed E-state index contributed by atoms with van der Waals surface area (Å²) < 4.78 is 0. The third-order valence-electron chi connectivity index (χ3n) is 1.10. The summed E-state index contributed by atoms with van der Waals surface area (Å²) in [5.41, 5.74) is 0. The standard InChI is InChI=1S/C7H15.C3H9N/c1-3-5-7-6-4-2;1-4(2)3/h1,3-7H2,2H3;1-3H3. The highest BCUT2D eigenvalue weighted by Gasteiger charge is 1.80. The van der Waals surface area contributed by atoms with E-state index in [0.29, 0.717) is 0 Å². The monoisotopic (exact) mass is 158 g/mol. The van der Waals surface area contributed by atoms with Crippen LogP contribution in [0.5, 0.6) is 0 Å². The van der Waals surface area contributed by atoms with Crippen molar-refractivity contribution < 1.29 is 0 Å². The van der Waals surface area contributed by atoms with E-state index in [1.54, 1.807) is 0 Å². The van der Waals surface area contributed by atoms with Crippen molar-refractivity contribution in [1.82, 2.24) is 4.90 Å². The SMILES string of the molecule is CN(C)C.[CH2]CCCCCC. The first-order chi connectivity index (χ1) is 5.15. The first-order valence-corrected chi connectivity index (χ1v) is 4.55. The third-order valence-corrected chi connectivity index (χ3v) is 1.10. The lowest BCUT2D eigenvalue weighted by atomic mass is 10.2. The molecule has 11 heavy (non-hydrogen) atoms. The van der Waals surface area contributed by atoms with Crippen molar-refractivity contribution in [3.8, 4) is 0 Å². The fourth-order valence-electron chi connectivity index (χ4n) is 0.604. The molecule has 0 aromatic rings. The molecule has 69 valence electrons. The van der Waals surface area contributed by atoms with Crippen LogP contribution in [0.4, 0.5) is 0 Å². The van der Waals surface area contributed by atoms with E-state index < -0.39 is 0 Å². The predicted octanol–water partition coefficient (Wildman–Crippen LogP) is 2.97. The van der Waals surface area contributed by atoms with E-state index in [-0.39, 0.29) is 0 Å². The van der Waals surface area contributed by atoms with Gasteiger partial charge in [0.05, 0.1) is 0 Å². The first kappa shape index (κ1) is 13.5. The summed E-state index contributed by atoms with van der Waals surface area (Å²) in [5.74, 6) is 0. The molecule has 0 aromatic carbocycles. The minimum absolute atomic E-state index is 1.11. The Bertz CT molecular complexity index is 44.1. The normalized spacial score (nSPS) is 9.27. The van der Waals surface area contributed by atoms with Gasteiger partial charge in [0.15, 0.2) is 0 Å². The highest BCUT2D eigenvalue weighted by molar-refractivity contribution is 4.41. The Morgan fingerprint density at radius 1 is 1.00 bits per heavy atom. The number of unbranched alkanes of at least 4 members (excludes halogenated alkanes) is 4. The Hall–Kier alpha value is -0.0400. The lowest BCUT2D eigenvalue weighted by Crippen LogP contribution is -1.99. The van der Waals surface area contributed by atoms with Gasteiger partial charge >= 0.3 is 0 Å². The molecular formula is C10H24N. The predicted molar refractivity (Wildman–Crippen MR) is 53.7 cm³/mol. The second-order valence-corrected chi connectivity index (χ2v) is 3.26. The van der Waals surface area contributed by atoms with Crippen LogP contribution in [0.3, 0.4) is 0 Å². The van der Waals surface area contributed by atoms with Crippen LogP contribution in [-0.2, 0) is 0 Å². The number of rotatable bonds is 4. The Morgan fingerprint density at radius 3 is 1.73 bits per heavy atom. The molecule has 0 rings (SSSR count). The van der Waals surface area contributed by atoms with E-state index in [1.807, 2.05) is 26.0 Å². The van der Waals surface area contributed by atoms with Gasteiger partial charge in [-0.05, 0) is 21.1 Å². The molecule has 0 saturated heterocycles. The summed E-state index contributed by atoms with van der Waals surface area (Å²) in [4.78, 5) is 2.00. The molecule has 1 nitrogen and oxygen atoms in total. The summed E-state index contributed by atoms with van der Waals surface area (Å²) in [6, 6.07) is 0. The van der Waals surface area contributed by atoms with Crippen molar-refractivity contribution in [2.24, 2.45) is 0 Å². The summed E-state index contributed by atoms with van der Waals surface area (Å²) in [5, 5.41) is 0. The zero-order valence-corrected chi connectivity index (χ0v) is 8.69. The molecule has 0 aromatic heterocycles. The van der Waals surface area contributed by atoms with Crippen molar-refractivity contribution in [3.63, 3.8) is 0 Å². The number of nitrogens with zero attached hydrogens (tertiary/aromatic N) is 1. The van der Waals surface area contributed by atoms with E-state index in [0.717, 1.165) is 6.42 Å². The summed E-state index contributed by atoms with van der Waals surface area (Å²) in [6.45, 7) is 5.98. The van der Waals surface area contributed by atoms with Crippen LogP contribution < -0.4 is 0 Å². The number of hydrogen-bond donors (Lipinski definition) is 0. The Balaban J connectivity index is 0. The molecule has 1 heteroatoms. The molecule has 1 radical (unpaired) electrons. The molecule has 0 heterocycles. The van der Waals surface area contributed by atoms with Gasteiger partial charge < -0.3 is 4.90 Å². The highest BCUT2D eigenvalue weighted by Crippen LogP contribution is 1.99. The molecule has 0 spiro atoms. The maximum atomic E-state index is 3.76. The molecular weight excluding hydrogens is 134 g/mol. The average molecular weight is 158 g/mol. The minimum atomic E-state index is 1.11. The van der Waals surface area contributed by atoms with Gasteiger partial charge in [0.1, 0.15) is 0 Å². The minimum Gasteiger partial charge on any atom is -0.312 e. The molecule has 0 aliphatic carbocycles. The second-order valence-electron chi connectivity index (χ2n) is 3.26. The van der Waals surface area contributed by atoms with Crippen LogP contribution >= 0.6 is 0 Å². The van der Waals surface area contributed by atoms with Crippen LogP contribution in [0.2, 0.25) is 0 Å². The van der Waals surface area contributed by atoms with Gasteiger partial charge in [0, 0.05) is 0 Å². The lowest BCUT2D eigenvalue weighted by Gasteiger charge is -1.90. The molecule has 0 unspecified atom stereocenters. The van der Waals surface area contributed by atoms with Crippen molar-refractivity contribution in [2.75, 3.05) is 21.1 Å². The molecule has 0 N–H and O–H groups in total. The van der Waals surface area contributed by atoms with Crippen LogP contribution in [0.1, 0.15) is 39.0 Å². The summed E-state index contributed by atoms with van der Waals surface area (Å²) >= 11 is 0. The highest BCUT2D eigenvalue weighted by atomic mass is 15.0. The van der Waals surface area contributed by atoms with E-state index in [2.05, 4.69) is 13.8 Å². The largest absolute Gasteiger partial charge is 0.312 e. The Kier molecular flexibility index (Phi) is 15.5. The van der Waals surface area contributed by atoms with Gasteiger partial charge in [0.2, 0.25) is 0 Å². The van der Waals surface area contributed by atoms with Gasteiger partial charge in [0.25, 0.3) is 0 Å². The Morgan fingerprint density at radius 2 is 1.45 bits per heavy atom. The molecule has 0 aliphatic rings. The van der Waals surface area contributed by atoms with Crippen LogP contribution in [0, 0.1) is 6.92 Å². The molecule has 0 bridgehead atoms. The maximum absolute atomic E-state index is 3.76. The van der Waals surface area contributed by atoms with Gasteiger partial charge in [-0.2, -0.15) is 0 Å². The third kappa shape index (κ3) is 40.2. The van der Waals surface area contributed by atoms with Crippen LogP contribution in [0.15, 0.2) is 0 Å². The lowest BCUT2D eigenvalue weighted by molar-refractivity contribution is 0.505. The zero-order valence-electron chi connectivity index (χ0n) is 8.69. The summed E-state index contributed by atoms with van der Waals surface area (Å²) in [6.07, 6.45) is 6.52. The quantitative estimate of drug-likeness (QED) is 0.569. The molecule has 0 fully saturated rings. The number of hydrogen-bond acceptors (Lipinski definition) is 1. The molecule has 0 atom stereocenters. The van der Waals surface area contributed by atoms with Crippen LogP contribution in [0.25, 0.3) is 0 Å². The zero-order chi connectivity index (χ0) is 9.11. The summed E-state index contributed by atoms with van der Waals surface area (Å²) in [7, 11) is 6.00. The van der Waals surface area contributed by atoms with Crippen molar-refractivity contribution in [1.29, 1.82) is 0 Å². The van der Waals surface area contributed by atoms with Crippen molar-refractivity contribution >= 4 is 0 Å². The van der Waals surface area contributed by atoms with Crippen molar-refractivity contribution in [2.45, 2.75) is 39.0 Å². The average Bonchev–Trinajstić information content (AvgIpc) is 1.88. The van der Waals surface area contributed by atoms with Gasteiger partial charge in [-0.25, -0.2) is 0 Å². The molecule has 0 aliphatic heterocycles. The van der Waals surface area contributed by atoms with Crippen molar-refractivity contribution in [3.05, 3.63) is 6.92 Å². The second kappa shape index (κ2) is 12.6. The van der Waals surface area contributed by atoms with Gasteiger partial charge in [-0.15, -0.1) is 0 Å². The van der Waals surface area contributed by atoms with Gasteiger partial charge in [-0.1, -0.05) is 46.0 Å². The first-order valence-electron chi connectivity index (χ1n) is 4.55. The van der Waals surface area contributed by atoms with E-state index in [4.69, 9.17) is 0 Å². The topological polar surface area (TPSA) is 3.24 Å². The molecule has 0 amide bonds. The van der Waals surface area contributed by atoms with E-state index in [1.165, 1.54) is 25.7 Å². The maximum Gasteiger partial charge on any atom is -0.0140 e. The Labute approximate surface area is 72.8 Å². The van der Waals surface area contributed by atoms with Gasteiger partial charge in [-0.3, -0.25) is 0 Å². The molecule has 0 saturated carbocycles. The van der Waals surface area contributed by atoms with Crippen LogP contribution in [-0.4, -0.2) is 26.0 Å². The van der Waals surface area contributed by atoms with E-state index in [9.17, 15) is 0 Å².